The third-order valence-corrected chi connectivity index (χ3v) is 5.09. The number of ether oxygens (including phenoxy) is 1. The third-order valence-electron chi connectivity index (χ3n) is 3.92. The first-order valence-corrected chi connectivity index (χ1v) is 8.72. The van der Waals surface area contributed by atoms with E-state index >= 15 is 0 Å². The number of hydrogen-bond donors (Lipinski definition) is 1. The van der Waals surface area contributed by atoms with Gasteiger partial charge in [0.2, 0.25) is 0 Å². The first-order chi connectivity index (χ1) is 11.4. The summed E-state index contributed by atoms with van der Waals surface area (Å²) in [4.78, 5) is 35.3. The fourth-order valence-electron chi connectivity index (χ4n) is 2.62. The Balaban J connectivity index is 1.94. The number of carbonyl (C=O) groups is 3. The van der Waals surface area contributed by atoms with Gasteiger partial charge in [0.15, 0.2) is 6.61 Å². The first kappa shape index (κ1) is 18.1. The Kier molecular flexibility index (Phi) is 6.10. The molecule has 1 aliphatic rings. The van der Waals surface area contributed by atoms with Gasteiger partial charge in [0.1, 0.15) is 16.9 Å². The smallest absolute Gasteiger partial charge is 0.306 e. The SMILES string of the molecule is CC(=O)CCC(=O)OCC(=O)Nc1sc2c(c1C#N)CC[C@@H](C)C2. The van der Waals surface area contributed by atoms with Crippen LogP contribution < -0.4 is 5.32 Å². The summed E-state index contributed by atoms with van der Waals surface area (Å²) in [7, 11) is 0. The molecule has 1 N–H and O–H groups in total. The summed E-state index contributed by atoms with van der Waals surface area (Å²) in [5, 5.41) is 12.6. The largest absolute Gasteiger partial charge is 0.456 e. The second-order valence-corrected chi connectivity index (χ2v) is 7.18. The van der Waals surface area contributed by atoms with Gasteiger partial charge in [0, 0.05) is 11.3 Å². The van der Waals surface area contributed by atoms with E-state index in [1.165, 1.54) is 18.3 Å². The predicted octanol–water partition coefficient (Wildman–Crippen LogP) is 2.60. The molecule has 0 radical (unpaired) electrons. The number of nitriles is 1. The Hall–Kier alpha value is -2.20. The minimum Gasteiger partial charge on any atom is -0.456 e. The van der Waals surface area contributed by atoms with E-state index in [2.05, 4.69) is 18.3 Å². The monoisotopic (exact) mass is 348 g/mol. The topological polar surface area (TPSA) is 96.3 Å². The quantitative estimate of drug-likeness (QED) is 0.797. The number of rotatable bonds is 6. The van der Waals surface area contributed by atoms with Crippen molar-refractivity contribution in [2.45, 2.75) is 46.0 Å². The molecule has 24 heavy (non-hydrogen) atoms. The summed E-state index contributed by atoms with van der Waals surface area (Å²) >= 11 is 1.43. The molecule has 0 unspecified atom stereocenters. The van der Waals surface area contributed by atoms with E-state index in [4.69, 9.17) is 4.74 Å². The molecule has 0 aliphatic heterocycles. The lowest BCUT2D eigenvalue weighted by Crippen LogP contribution is -2.21. The molecule has 0 spiro atoms. The van der Waals surface area contributed by atoms with Crippen molar-refractivity contribution in [2.75, 3.05) is 11.9 Å². The van der Waals surface area contributed by atoms with E-state index in [0.717, 1.165) is 29.7 Å². The van der Waals surface area contributed by atoms with Crippen molar-refractivity contribution in [3.63, 3.8) is 0 Å². The second kappa shape index (κ2) is 8.06. The summed E-state index contributed by atoms with van der Waals surface area (Å²) in [5.41, 5.74) is 1.56. The van der Waals surface area contributed by atoms with E-state index in [1.807, 2.05) is 0 Å². The Bertz CT molecular complexity index is 702. The summed E-state index contributed by atoms with van der Waals surface area (Å²) in [6, 6.07) is 2.17. The minimum absolute atomic E-state index is 0.0305. The molecule has 6 nitrogen and oxygen atoms in total. The zero-order chi connectivity index (χ0) is 17.7. The number of hydrogen-bond acceptors (Lipinski definition) is 6. The molecular weight excluding hydrogens is 328 g/mol. The van der Waals surface area contributed by atoms with Gasteiger partial charge in [-0.1, -0.05) is 6.92 Å². The highest BCUT2D eigenvalue weighted by Crippen LogP contribution is 2.39. The maximum Gasteiger partial charge on any atom is 0.306 e. The number of esters is 1. The van der Waals surface area contributed by atoms with Crippen LogP contribution in [0.3, 0.4) is 0 Å². The number of carbonyl (C=O) groups excluding carboxylic acids is 3. The van der Waals surface area contributed by atoms with Crippen LogP contribution in [0.4, 0.5) is 5.00 Å². The van der Waals surface area contributed by atoms with Crippen LogP contribution >= 0.6 is 11.3 Å². The summed E-state index contributed by atoms with van der Waals surface area (Å²) in [6.07, 6.45) is 2.89. The average Bonchev–Trinajstić information content (AvgIpc) is 2.86. The van der Waals surface area contributed by atoms with Crippen LogP contribution in [0.25, 0.3) is 0 Å². The Morgan fingerprint density at radius 2 is 2.12 bits per heavy atom. The van der Waals surface area contributed by atoms with Crippen molar-refractivity contribution in [1.29, 1.82) is 5.26 Å². The van der Waals surface area contributed by atoms with Gasteiger partial charge in [0.25, 0.3) is 5.91 Å². The lowest BCUT2D eigenvalue weighted by atomic mass is 9.89. The normalized spacial score (nSPS) is 16.0. The predicted molar refractivity (Wildman–Crippen MR) is 89.7 cm³/mol. The standard InChI is InChI=1S/C17H20N2O4S/c1-10-3-5-12-13(8-18)17(24-14(12)7-10)19-15(21)9-23-16(22)6-4-11(2)20/h10H,3-7,9H2,1-2H3,(H,19,21)/t10-/m1/s1. The molecule has 2 rings (SSSR count). The van der Waals surface area contributed by atoms with E-state index < -0.39 is 18.5 Å². The van der Waals surface area contributed by atoms with Crippen LogP contribution in [0, 0.1) is 17.2 Å². The highest BCUT2D eigenvalue weighted by Gasteiger charge is 2.24. The lowest BCUT2D eigenvalue weighted by molar-refractivity contribution is -0.148. The number of fused-ring (bicyclic) bond motifs is 1. The summed E-state index contributed by atoms with van der Waals surface area (Å²) < 4.78 is 4.84. The Morgan fingerprint density at radius 3 is 2.79 bits per heavy atom. The number of Topliss-reactive ketones (excluding diaryl/α,β-unsaturated/α-hetero) is 1. The first-order valence-electron chi connectivity index (χ1n) is 7.90. The number of nitrogens with zero attached hydrogens (tertiary/aromatic N) is 1. The van der Waals surface area contributed by atoms with Crippen LogP contribution in [-0.2, 0) is 32.0 Å². The van der Waals surface area contributed by atoms with Gasteiger partial charge < -0.3 is 14.8 Å². The van der Waals surface area contributed by atoms with Gasteiger partial charge in [-0.2, -0.15) is 5.26 Å². The number of amides is 1. The van der Waals surface area contributed by atoms with E-state index in [9.17, 15) is 19.6 Å². The van der Waals surface area contributed by atoms with Gasteiger partial charge in [-0.15, -0.1) is 11.3 Å². The van der Waals surface area contributed by atoms with E-state index in [-0.39, 0.29) is 18.6 Å². The lowest BCUT2D eigenvalue weighted by Gasteiger charge is -2.17. The van der Waals surface area contributed by atoms with Gasteiger partial charge in [-0.3, -0.25) is 9.59 Å². The van der Waals surface area contributed by atoms with E-state index in [0.29, 0.717) is 16.5 Å². The van der Waals surface area contributed by atoms with Gasteiger partial charge in [0.05, 0.1) is 12.0 Å². The maximum atomic E-state index is 11.9. The molecule has 1 aromatic heterocycles. The van der Waals surface area contributed by atoms with Crippen LogP contribution in [0.1, 0.15) is 49.1 Å². The van der Waals surface area contributed by atoms with Gasteiger partial charge in [-0.25, -0.2) is 0 Å². The van der Waals surface area contributed by atoms with Crippen molar-refractivity contribution in [3.05, 3.63) is 16.0 Å². The fraction of sp³-hybridized carbons (Fsp3) is 0.529. The molecule has 0 saturated carbocycles. The molecule has 1 aliphatic carbocycles. The van der Waals surface area contributed by atoms with Crippen molar-refractivity contribution >= 4 is 34.0 Å². The summed E-state index contributed by atoms with van der Waals surface area (Å²) in [5.74, 6) is -0.587. The van der Waals surface area contributed by atoms with Gasteiger partial charge in [-0.05, 0) is 37.7 Å². The highest BCUT2D eigenvalue weighted by atomic mass is 32.1. The highest BCUT2D eigenvalue weighted by molar-refractivity contribution is 7.16. The molecule has 0 bridgehead atoms. The molecular formula is C17H20N2O4S. The number of nitrogens with one attached hydrogen (secondary N) is 1. The average molecular weight is 348 g/mol. The molecule has 0 aromatic carbocycles. The number of ketones is 1. The molecule has 1 atom stereocenters. The molecule has 1 amide bonds. The van der Waals surface area contributed by atoms with Crippen molar-refractivity contribution in [2.24, 2.45) is 5.92 Å². The van der Waals surface area contributed by atoms with Crippen LogP contribution in [-0.4, -0.2) is 24.3 Å². The van der Waals surface area contributed by atoms with E-state index in [1.54, 1.807) is 0 Å². The Labute approximate surface area is 144 Å². The number of anilines is 1. The van der Waals surface area contributed by atoms with Crippen LogP contribution in [0.2, 0.25) is 0 Å². The molecule has 0 saturated heterocycles. The van der Waals surface area contributed by atoms with Crippen molar-refractivity contribution in [1.82, 2.24) is 0 Å². The molecule has 128 valence electrons. The maximum absolute atomic E-state index is 11.9. The van der Waals surface area contributed by atoms with Gasteiger partial charge >= 0.3 is 5.97 Å². The molecule has 1 heterocycles. The summed E-state index contributed by atoms with van der Waals surface area (Å²) in [6.45, 7) is 3.15. The zero-order valence-electron chi connectivity index (χ0n) is 13.8. The van der Waals surface area contributed by atoms with Crippen molar-refractivity contribution < 1.29 is 19.1 Å². The van der Waals surface area contributed by atoms with Crippen LogP contribution in [0.5, 0.6) is 0 Å². The third kappa shape index (κ3) is 4.65. The fourth-order valence-corrected chi connectivity index (χ4v) is 3.99. The minimum atomic E-state index is -0.583. The number of thiophene rings is 1. The molecule has 1 aromatic rings. The molecule has 7 heteroatoms. The second-order valence-electron chi connectivity index (χ2n) is 6.08. The zero-order valence-corrected chi connectivity index (χ0v) is 14.6. The Morgan fingerprint density at radius 1 is 1.38 bits per heavy atom. The molecule has 0 fully saturated rings. The van der Waals surface area contributed by atoms with Crippen LogP contribution in [0.15, 0.2) is 0 Å². The van der Waals surface area contributed by atoms with Crippen molar-refractivity contribution in [3.8, 4) is 6.07 Å².